The standard InChI is InChI=1S/C14H26N2O4/c1-10(13(18)15-14(2,3)4)16-6-7-20-11(9-16)8-12(17)19-5/h10-11H,6-9H2,1-5H3,(H,15,18)/t10-,11+/m0/s1. The molecule has 1 fully saturated rings. The Hall–Kier alpha value is -1.14. The van der Waals surface area contributed by atoms with Crippen molar-refractivity contribution >= 4 is 11.9 Å². The molecule has 0 aromatic rings. The van der Waals surface area contributed by atoms with E-state index >= 15 is 0 Å². The minimum Gasteiger partial charge on any atom is -0.469 e. The minimum atomic E-state index is -0.288. The largest absolute Gasteiger partial charge is 0.469 e. The summed E-state index contributed by atoms with van der Waals surface area (Å²) in [5, 5.41) is 2.97. The number of carbonyl (C=O) groups excluding carboxylic acids is 2. The predicted octanol–water partition coefficient (Wildman–Crippen LogP) is 0.554. The van der Waals surface area contributed by atoms with Gasteiger partial charge in [-0.25, -0.2) is 0 Å². The van der Waals surface area contributed by atoms with E-state index in [1.54, 1.807) is 0 Å². The Kier molecular flexibility index (Phi) is 5.95. The Morgan fingerprint density at radius 1 is 1.45 bits per heavy atom. The van der Waals surface area contributed by atoms with Crippen molar-refractivity contribution in [3.8, 4) is 0 Å². The van der Waals surface area contributed by atoms with Crippen molar-refractivity contribution in [3.63, 3.8) is 0 Å². The van der Waals surface area contributed by atoms with Crippen LogP contribution in [0, 0.1) is 0 Å². The van der Waals surface area contributed by atoms with Gasteiger partial charge in [-0.2, -0.15) is 0 Å². The van der Waals surface area contributed by atoms with E-state index in [4.69, 9.17) is 4.74 Å². The van der Waals surface area contributed by atoms with Crippen molar-refractivity contribution in [2.24, 2.45) is 0 Å². The highest BCUT2D eigenvalue weighted by atomic mass is 16.5. The van der Waals surface area contributed by atoms with Gasteiger partial charge < -0.3 is 14.8 Å². The second kappa shape index (κ2) is 7.04. The van der Waals surface area contributed by atoms with Crippen LogP contribution < -0.4 is 5.32 Å². The van der Waals surface area contributed by atoms with Crippen LogP contribution in [0.25, 0.3) is 0 Å². The smallest absolute Gasteiger partial charge is 0.308 e. The highest BCUT2D eigenvalue weighted by Gasteiger charge is 2.30. The molecule has 0 aliphatic carbocycles. The van der Waals surface area contributed by atoms with E-state index in [1.165, 1.54) is 7.11 Å². The third-order valence-electron chi connectivity index (χ3n) is 3.22. The first-order chi connectivity index (χ1) is 9.23. The molecule has 0 saturated carbocycles. The number of amides is 1. The zero-order valence-corrected chi connectivity index (χ0v) is 13.1. The van der Waals surface area contributed by atoms with Gasteiger partial charge >= 0.3 is 5.97 Å². The predicted molar refractivity (Wildman–Crippen MR) is 75.3 cm³/mol. The third-order valence-corrected chi connectivity index (χ3v) is 3.22. The van der Waals surface area contributed by atoms with Crippen LogP contribution in [-0.2, 0) is 19.1 Å². The number of nitrogens with zero attached hydrogens (tertiary/aromatic N) is 1. The lowest BCUT2D eigenvalue weighted by molar-refractivity contribution is -0.146. The maximum atomic E-state index is 12.2. The molecular weight excluding hydrogens is 260 g/mol. The fraction of sp³-hybridized carbons (Fsp3) is 0.857. The lowest BCUT2D eigenvalue weighted by Gasteiger charge is -2.36. The molecule has 1 aliphatic heterocycles. The molecule has 2 atom stereocenters. The van der Waals surface area contributed by atoms with Gasteiger partial charge in [-0.3, -0.25) is 14.5 Å². The highest BCUT2D eigenvalue weighted by molar-refractivity contribution is 5.82. The normalized spacial score (nSPS) is 22.1. The molecule has 20 heavy (non-hydrogen) atoms. The molecule has 1 rings (SSSR count). The first-order valence-corrected chi connectivity index (χ1v) is 6.97. The van der Waals surface area contributed by atoms with Gasteiger partial charge in [0.15, 0.2) is 0 Å². The molecule has 1 saturated heterocycles. The number of hydrogen-bond donors (Lipinski definition) is 1. The molecule has 6 heteroatoms. The summed E-state index contributed by atoms with van der Waals surface area (Å²) in [6.07, 6.45) is 0.0155. The van der Waals surface area contributed by atoms with E-state index in [0.717, 1.165) is 0 Å². The first-order valence-electron chi connectivity index (χ1n) is 6.97. The van der Waals surface area contributed by atoms with E-state index in [9.17, 15) is 9.59 Å². The van der Waals surface area contributed by atoms with Crippen molar-refractivity contribution in [2.75, 3.05) is 26.8 Å². The van der Waals surface area contributed by atoms with Gasteiger partial charge in [0.05, 0.1) is 32.3 Å². The molecule has 116 valence electrons. The summed E-state index contributed by atoms with van der Waals surface area (Å²) in [5.41, 5.74) is -0.247. The molecule has 1 heterocycles. The van der Waals surface area contributed by atoms with Gasteiger partial charge in [-0.1, -0.05) is 0 Å². The average Bonchev–Trinajstić information content (AvgIpc) is 2.36. The number of hydrogen-bond acceptors (Lipinski definition) is 5. The number of nitrogens with one attached hydrogen (secondary N) is 1. The second-order valence-corrected chi connectivity index (χ2v) is 6.18. The number of carbonyl (C=O) groups is 2. The van der Waals surface area contributed by atoms with E-state index in [2.05, 4.69) is 10.1 Å². The summed E-state index contributed by atoms with van der Waals surface area (Å²) in [6.45, 7) is 9.52. The van der Waals surface area contributed by atoms with E-state index in [-0.39, 0.29) is 36.0 Å². The van der Waals surface area contributed by atoms with E-state index in [1.807, 2.05) is 32.6 Å². The van der Waals surface area contributed by atoms with Gasteiger partial charge in [0.25, 0.3) is 0 Å². The Morgan fingerprint density at radius 2 is 2.10 bits per heavy atom. The highest BCUT2D eigenvalue weighted by Crippen LogP contribution is 2.13. The van der Waals surface area contributed by atoms with Crippen molar-refractivity contribution in [1.82, 2.24) is 10.2 Å². The molecule has 0 aromatic heterocycles. The quantitative estimate of drug-likeness (QED) is 0.765. The fourth-order valence-corrected chi connectivity index (χ4v) is 2.13. The summed E-state index contributed by atoms with van der Waals surface area (Å²) < 4.78 is 10.2. The lowest BCUT2D eigenvalue weighted by atomic mass is 10.1. The van der Waals surface area contributed by atoms with Gasteiger partial charge in [-0.05, 0) is 27.7 Å². The number of rotatable bonds is 4. The summed E-state index contributed by atoms with van der Waals surface area (Å²) in [6, 6.07) is -0.238. The molecule has 0 spiro atoms. The van der Waals surface area contributed by atoms with E-state index in [0.29, 0.717) is 19.7 Å². The van der Waals surface area contributed by atoms with Crippen LogP contribution in [0.15, 0.2) is 0 Å². The van der Waals surface area contributed by atoms with Crippen LogP contribution in [0.2, 0.25) is 0 Å². The van der Waals surface area contributed by atoms with Crippen molar-refractivity contribution < 1.29 is 19.1 Å². The molecule has 1 amide bonds. The summed E-state index contributed by atoms with van der Waals surface area (Å²) in [5.74, 6) is -0.292. The van der Waals surface area contributed by atoms with Gasteiger partial charge in [0.1, 0.15) is 0 Å². The number of morpholine rings is 1. The molecule has 1 N–H and O–H groups in total. The molecular formula is C14H26N2O4. The van der Waals surface area contributed by atoms with Crippen LogP contribution in [0.1, 0.15) is 34.1 Å². The zero-order valence-electron chi connectivity index (χ0n) is 13.1. The Labute approximate surface area is 120 Å². The molecule has 0 unspecified atom stereocenters. The van der Waals surface area contributed by atoms with Gasteiger partial charge in [0.2, 0.25) is 5.91 Å². The van der Waals surface area contributed by atoms with Gasteiger partial charge in [-0.15, -0.1) is 0 Å². The summed E-state index contributed by atoms with van der Waals surface area (Å²) in [4.78, 5) is 25.5. The van der Waals surface area contributed by atoms with Crippen LogP contribution in [0.4, 0.5) is 0 Å². The third kappa shape index (κ3) is 5.46. The van der Waals surface area contributed by atoms with Crippen LogP contribution >= 0.6 is 0 Å². The summed E-state index contributed by atoms with van der Waals surface area (Å²) in [7, 11) is 1.36. The topological polar surface area (TPSA) is 67.9 Å². The van der Waals surface area contributed by atoms with Crippen LogP contribution in [0.5, 0.6) is 0 Å². The molecule has 0 radical (unpaired) electrons. The maximum absolute atomic E-state index is 12.2. The molecule has 0 bridgehead atoms. The number of esters is 1. The monoisotopic (exact) mass is 286 g/mol. The van der Waals surface area contributed by atoms with Crippen molar-refractivity contribution in [1.29, 1.82) is 0 Å². The molecule has 6 nitrogen and oxygen atoms in total. The van der Waals surface area contributed by atoms with Crippen molar-refractivity contribution in [2.45, 2.75) is 51.8 Å². The Morgan fingerprint density at radius 3 is 2.65 bits per heavy atom. The summed E-state index contributed by atoms with van der Waals surface area (Å²) >= 11 is 0. The zero-order chi connectivity index (χ0) is 15.3. The maximum Gasteiger partial charge on any atom is 0.308 e. The number of ether oxygens (including phenoxy) is 2. The average molecular weight is 286 g/mol. The second-order valence-electron chi connectivity index (χ2n) is 6.18. The van der Waals surface area contributed by atoms with Crippen LogP contribution in [-0.4, -0.2) is 61.3 Å². The number of methoxy groups -OCH3 is 1. The van der Waals surface area contributed by atoms with E-state index < -0.39 is 0 Å². The lowest BCUT2D eigenvalue weighted by Crippen LogP contribution is -2.55. The first kappa shape index (κ1) is 16.9. The van der Waals surface area contributed by atoms with Gasteiger partial charge in [0, 0.05) is 18.6 Å². The fourth-order valence-electron chi connectivity index (χ4n) is 2.13. The van der Waals surface area contributed by atoms with Crippen molar-refractivity contribution in [3.05, 3.63) is 0 Å². The van der Waals surface area contributed by atoms with Crippen LogP contribution in [0.3, 0.4) is 0 Å². The minimum absolute atomic E-state index is 0.00350. The Balaban J connectivity index is 2.53. The molecule has 1 aliphatic rings. The molecule has 0 aromatic carbocycles. The SMILES string of the molecule is COC(=O)C[C@@H]1CN([C@@H](C)C(=O)NC(C)(C)C)CCO1. The Bertz CT molecular complexity index is 352.